The highest BCUT2D eigenvalue weighted by Crippen LogP contribution is 2.39. The van der Waals surface area contributed by atoms with Crippen LogP contribution in [0.1, 0.15) is 40.8 Å². The van der Waals surface area contributed by atoms with Crippen LogP contribution in [-0.2, 0) is 0 Å². The molecule has 2 amide bonds. The highest BCUT2D eigenvalue weighted by Gasteiger charge is 2.22. The van der Waals surface area contributed by atoms with Gasteiger partial charge in [0.05, 0.1) is 29.6 Å². The van der Waals surface area contributed by atoms with Crippen LogP contribution in [0.3, 0.4) is 0 Å². The lowest BCUT2D eigenvalue weighted by Gasteiger charge is -2.19. The molecule has 1 heterocycles. The number of carbonyl (C=O) groups excluding carboxylic acids is 2. The van der Waals surface area contributed by atoms with Gasteiger partial charge in [0.1, 0.15) is 16.4 Å². The van der Waals surface area contributed by atoms with Crippen LogP contribution in [0, 0.1) is 0 Å². The molecule has 174 valence electrons. The molecule has 0 aliphatic heterocycles. The van der Waals surface area contributed by atoms with Crippen LogP contribution in [-0.4, -0.2) is 36.7 Å². The van der Waals surface area contributed by atoms with E-state index in [1.165, 1.54) is 25.6 Å². The summed E-state index contributed by atoms with van der Waals surface area (Å²) in [5.41, 5.74) is 0.559. The Bertz CT molecular complexity index is 1210. The van der Waals surface area contributed by atoms with Crippen LogP contribution in [0.15, 0.2) is 36.4 Å². The largest absolute Gasteiger partial charge is 0.497 e. The molecule has 0 aliphatic carbocycles. The SMILES string of the molecule is COc1cc(OC)cc(C(=O)NC(=S)Nc2cccc3c(Cl)c(C(=O)NC(C)(C)C)sc23)c1. The van der Waals surface area contributed by atoms with Gasteiger partial charge in [0.25, 0.3) is 11.8 Å². The summed E-state index contributed by atoms with van der Waals surface area (Å²) in [6.45, 7) is 5.70. The maximum atomic E-state index is 12.7. The number of thiophene rings is 1. The minimum Gasteiger partial charge on any atom is -0.497 e. The van der Waals surface area contributed by atoms with Crippen LogP contribution < -0.4 is 25.4 Å². The number of amides is 2. The molecular formula is C23H24ClN3O4S2. The van der Waals surface area contributed by atoms with Crippen molar-refractivity contribution < 1.29 is 19.1 Å². The molecule has 0 saturated heterocycles. The first kappa shape index (κ1) is 24.8. The lowest BCUT2D eigenvalue weighted by atomic mass is 10.1. The number of thiocarbonyl (C=S) groups is 1. The summed E-state index contributed by atoms with van der Waals surface area (Å²) in [4.78, 5) is 25.8. The van der Waals surface area contributed by atoms with Gasteiger partial charge in [-0.3, -0.25) is 14.9 Å². The predicted octanol–water partition coefficient (Wildman–Crippen LogP) is 5.23. The number of nitrogens with one attached hydrogen (secondary N) is 3. The first-order chi connectivity index (χ1) is 15.5. The second kappa shape index (κ2) is 9.94. The molecule has 3 rings (SSSR count). The molecule has 0 unspecified atom stereocenters. The van der Waals surface area contributed by atoms with Gasteiger partial charge in [0, 0.05) is 22.6 Å². The molecule has 0 bridgehead atoms. The molecule has 0 atom stereocenters. The average Bonchev–Trinajstić information content (AvgIpc) is 3.10. The monoisotopic (exact) mass is 505 g/mol. The Labute approximate surface area is 206 Å². The number of fused-ring (bicyclic) bond motifs is 1. The third kappa shape index (κ3) is 5.93. The average molecular weight is 506 g/mol. The van der Waals surface area contributed by atoms with Gasteiger partial charge in [-0.15, -0.1) is 11.3 Å². The predicted molar refractivity (Wildman–Crippen MR) is 137 cm³/mol. The number of benzene rings is 2. The van der Waals surface area contributed by atoms with Gasteiger partial charge in [-0.05, 0) is 51.2 Å². The van der Waals surface area contributed by atoms with Crippen molar-refractivity contribution in [1.29, 1.82) is 0 Å². The minimum atomic E-state index is -0.425. The number of ether oxygens (including phenoxy) is 2. The van der Waals surface area contributed by atoms with E-state index in [0.717, 1.165) is 10.1 Å². The Morgan fingerprint density at radius 3 is 2.24 bits per heavy atom. The van der Waals surface area contributed by atoms with Crippen molar-refractivity contribution in [3.05, 3.63) is 51.9 Å². The Hall–Kier alpha value is -2.88. The standard InChI is InChI=1S/C23H24ClN3O4S2/c1-23(2,3)27-21(29)19-17(24)15-7-6-8-16(18(15)33-19)25-22(32)26-20(28)12-9-13(30-4)11-14(10-12)31-5/h6-11H,1-5H3,(H,27,29)(H2,25,26,28,32). The van der Waals surface area contributed by atoms with E-state index in [2.05, 4.69) is 16.0 Å². The van der Waals surface area contributed by atoms with Crippen LogP contribution in [0.5, 0.6) is 11.5 Å². The fraction of sp³-hybridized carbons (Fsp3) is 0.261. The first-order valence-electron chi connectivity index (χ1n) is 9.91. The number of hydrogen-bond acceptors (Lipinski definition) is 6. The molecule has 7 nitrogen and oxygen atoms in total. The summed E-state index contributed by atoms with van der Waals surface area (Å²) < 4.78 is 11.2. The van der Waals surface area contributed by atoms with E-state index in [-0.39, 0.29) is 11.0 Å². The minimum absolute atomic E-state index is 0.0968. The van der Waals surface area contributed by atoms with Gasteiger partial charge in [-0.25, -0.2) is 0 Å². The topological polar surface area (TPSA) is 88.7 Å². The third-order valence-corrected chi connectivity index (χ3v) is 6.38. The van der Waals surface area contributed by atoms with Crippen molar-refractivity contribution in [2.45, 2.75) is 26.3 Å². The molecule has 2 aromatic carbocycles. The number of hydrogen-bond donors (Lipinski definition) is 3. The highest BCUT2D eigenvalue weighted by molar-refractivity contribution is 7.80. The zero-order valence-corrected chi connectivity index (χ0v) is 21.2. The molecule has 0 fully saturated rings. The van der Waals surface area contributed by atoms with Crippen LogP contribution in [0.25, 0.3) is 10.1 Å². The Balaban J connectivity index is 1.82. The Morgan fingerprint density at radius 2 is 1.67 bits per heavy atom. The zero-order valence-electron chi connectivity index (χ0n) is 18.8. The number of anilines is 1. The van der Waals surface area contributed by atoms with E-state index in [9.17, 15) is 9.59 Å². The number of rotatable bonds is 5. The van der Waals surface area contributed by atoms with E-state index >= 15 is 0 Å². The molecular weight excluding hydrogens is 482 g/mol. The first-order valence-corrected chi connectivity index (χ1v) is 11.5. The van der Waals surface area contributed by atoms with Gasteiger partial charge < -0.3 is 20.1 Å². The maximum Gasteiger partial charge on any atom is 0.263 e. The van der Waals surface area contributed by atoms with Crippen molar-refractivity contribution in [2.75, 3.05) is 19.5 Å². The van der Waals surface area contributed by atoms with Crippen LogP contribution in [0.4, 0.5) is 5.69 Å². The lowest BCUT2D eigenvalue weighted by Crippen LogP contribution is -2.40. The molecule has 0 radical (unpaired) electrons. The van der Waals surface area contributed by atoms with Crippen molar-refractivity contribution in [2.24, 2.45) is 0 Å². The number of halogens is 1. The molecule has 10 heteroatoms. The van der Waals surface area contributed by atoms with Gasteiger partial charge in [-0.2, -0.15) is 0 Å². The van der Waals surface area contributed by atoms with Crippen molar-refractivity contribution in [3.63, 3.8) is 0 Å². The second-order valence-corrected chi connectivity index (χ2v) is 9.95. The molecule has 0 aliphatic rings. The summed E-state index contributed by atoms with van der Waals surface area (Å²) >= 11 is 13.1. The summed E-state index contributed by atoms with van der Waals surface area (Å²) in [6.07, 6.45) is 0. The molecule has 0 spiro atoms. The fourth-order valence-electron chi connectivity index (χ4n) is 3.00. The third-order valence-electron chi connectivity index (χ3n) is 4.44. The van der Waals surface area contributed by atoms with Gasteiger partial charge in [-0.1, -0.05) is 23.7 Å². The highest BCUT2D eigenvalue weighted by atomic mass is 35.5. The summed E-state index contributed by atoms with van der Waals surface area (Å²) in [7, 11) is 3.01. The van der Waals surface area contributed by atoms with E-state index in [1.807, 2.05) is 26.8 Å². The van der Waals surface area contributed by atoms with E-state index in [0.29, 0.717) is 32.6 Å². The van der Waals surface area contributed by atoms with Crippen LogP contribution in [0.2, 0.25) is 5.02 Å². The molecule has 0 saturated carbocycles. The molecule has 3 aromatic rings. The fourth-order valence-corrected chi connectivity index (χ4v) is 4.67. The van der Waals surface area contributed by atoms with E-state index in [4.69, 9.17) is 33.3 Å². The van der Waals surface area contributed by atoms with E-state index < -0.39 is 11.4 Å². The quantitative estimate of drug-likeness (QED) is 0.412. The second-order valence-electron chi connectivity index (χ2n) is 8.14. The summed E-state index contributed by atoms with van der Waals surface area (Å²) in [5.74, 6) is 0.295. The summed E-state index contributed by atoms with van der Waals surface area (Å²) in [6, 6.07) is 10.3. The number of carbonyl (C=O) groups is 2. The van der Waals surface area contributed by atoms with Crippen molar-refractivity contribution in [3.8, 4) is 11.5 Å². The van der Waals surface area contributed by atoms with Gasteiger partial charge >= 0.3 is 0 Å². The van der Waals surface area contributed by atoms with Gasteiger partial charge in [0.2, 0.25) is 0 Å². The lowest BCUT2D eigenvalue weighted by molar-refractivity contribution is 0.0922. The van der Waals surface area contributed by atoms with Crippen molar-refractivity contribution >= 4 is 67.9 Å². The zero-order chi connectivity index (χ0) is 24.3. The number of methoxy groups -OCH3 is 2. The normalized spacial score (nSPS) is 11.1. The van der Waals surface area contributed by atoms with Crippen molar-refractivity contribution in [1.82, 2.24) is 10.6 Å². The molecule has 3 N–H and O–H groups in total. The molecule has 33 heavy (non-hydrogen) atoms. The van der Waals surface area contributed by atoms with Crippen LogP contribution >= 0.6 is 35.2 Å². The summed E-state index contributed by atoms with van der Waals surface area (Å²) in [5, 5.41) is 9.79. The Kier molecular flexibility index (Phi) is 7.46. The van der Waals surface area contributed by atoms with Gasteiger partial charge in [0.15, 0.2) is 5.11 Å². The smallest absolute Gasteiger partial charge is 0.263 e. The molecule has 1 aromatic heterocycles. The van der Waals surface area contributed by atoms with E-state index in [1.54, 1.807) is 30.3 Å². The Morgan fingerprint density at radius 1 is 1.03 bits per heavy atom. The maximum absolute atomic E-state index is 12.7.